The number of rotatable bonds is 4. The number of carbonyl (C=O) groups excluding carboxylic acids is 1. The van der Waals surface area contributed by atoms with Crippen LogP contribution < -0.4 is 5.32 Å². The van der Waals surface area contributed by atoms with Gasteiger partial charge in [-0.2, -0.15) is 11.3 Å². The summed E-state index contributed by atoms with van der Waals surface area (Å²) in [5.41, 5.74) is 2.33. The van der Waals surface area contributed by atoms with Gasteiger partial charge in [0, 0.05) is 26.1 Å². The molecule has 0 spiro atoms. The maximum absolute atomic E-state index is 12.0. The van der Waals surface area contributed by atoms with Crippen LogP contribution in [-0.2, 0) is 11.3 Å². The van der Waals surface area contributed by atoms with Gasteiger partial charge in [0.2, 0.25) is 0 Å². The van der Waals surface area contributed by atoms with Crippen molar-refractivity contribution in [2.24, 2.45) is 5.92 Å². The standard InChI is InChI=1S/C13H18N2O3S/c1-9-7-19-8-11(9)5-14-13(18)15-3-2-10(6-15)4-12(16)17/h7-8,10H,2-6H2,1H3,(H,14,18)(H,16,17). The Bertz CT molecular complexity index is 472. The lowest BCUT2D eigenvalue weighted by atomic mass is 10.1. The summed E-state index contributed by atoms with van der Waals surface area (Å²) in [6.07, 6.45) is 0.921. The predicted molar refractivity (Wildman–Crippen MR) is 73.2 cm³/mol. The summed E-state index contributed by atoms with van der Waals surface area (Å²) in [5.74, 6) is -0.702. The van der Waals surface area contributed by atoms with E-state index >= 15 is 0 Å². The number of hydrogen-bond donors (Lipinski definition) is 2. The van der Waals surface area contributed by atoms with Crippen LogP contribution in [0.3, 0.4) is 0 Å². The van der Waals surface area contributed by atoms with Gasteiger partial charge >= 0.3 is 12.0 Å². The van der Waals surface area contributed by atoms with Crippen molar-refractivity contribution in [3.05, 3.63) is 21.9 Å². The van der Waals surface area contributed by atoms with E-state index in [0.29, 0.717) is 19.6 Å². The van der Waals surface area contributed by atoms with Crippen molar-refractivity contribution in [2.75, 3.05) is 13.1 Å². The van der Waals surface area contributed by atoms with Crippen molar-refractivity contribution in [1.29, 1.82) is 0 Å². The molecule has 6 heteroatoms. The molecule has 0 bridgehead atoms. The Hall–Kier alpha value is -1.56. The molecule has 1 saturated heterocycles. The molecule has 0 aliphatic carbocycles. The minimum atomic E-state index is -0.791. The van der Waals surface area contributed by atoms with E-state index in [1.165, 1.54) is 5.56 Å². The van der Waals surface area contributed by atoms with Gasteiger partial charge in [-0.05, 0) is 41.1 Å². The van der Waals surface area contributed by atoms with Gasteiger partial charge in [0.1, 0.15) is 0 Å². The fraction of sp³-hybridized carbons (Fsp3) is 0.538. The van der Waals surface area contributed by atoms with Gasteiger partial charge in [0.25, 0.3) is 0 Å². The first-order valence-corrected chi connectivity index (χ1v) is 7.26. The van der Waals surface area contributed by atoms with E-state index in [1.807, 2.05) is 12.3 Å². The first-order chi connectivity index (χ1) is 9.06. The third-order valence-corrected chi connectivity index (χ3v) is 4.34. The summed E-state index contributed by atoms with van der Waals surface area (Å²) in [6.45, 7) is 3.75. The number of aliphatic carboxylic acids is 1. The highest BCUT2D eigenvalue weighted by Gasteiger charge is 2.27. The lowest BCUT2D eigenvalue weighted by molar-refractivity contribution is -0.138. The molecule has 2 amide bonds. The highest BCUT2D eigenvalue weighted by Crippen LogP contribution is 2.19. The van der Waals surface area contributed by atoms with E-state index in [1.54, 1.807) is 16.2 Å². The molecule has 5 nitrogen and oxygen atoms in total. The lowest BCUT2D eigenvalue weighted by Crippen LogP contribution is -2.38. The molecule has 1 aromatic rings. The Morgan fingerprint density at radius 3 is 2.95 bits per heavy atom. The third-order valence-electron chi connectivity index (χ3n) is 3.43. The van der Waals surface area contributed by atoms with E-state index in [9.17, 15) is 9.59 Å². The molecule has 1 atom stereocenters. The molecule has 2 rings (SSSR count). The first-order valence-electron chi connectivity index (χ1n) is 6.32. The summed E-state index contributed by atoms with van der Waals surface area (Å²) in [5, 5.41) is 15.7. The van der Waals surface area contributed by atoms with Crippen LogP contribution in [0.2, 0.25) is 0 Å². The van der Waals surface area contributed by atoms with E-state index in [0.717, 1.165) is 12.0 Å². The quantitative estimate of drug-likeness (QED) is 0.888. The Labute approximate surface area is 116 Å². The number of thiophene rings is 1. The van der Waals surface area contributed by atoms with Crippen LogP contribution in [0.1, 0.15) is 24.0 Å². The molecule has 19 heavy (non-hydrogen) atoms. The van der Waals surface area contributed by atoms with Gasteiger partial charge < -0.3 is 15.3 Å². The highest BCUT2D eigenvalue weighted by molar-refractivity contribution is 7.08. The molecule has 1 aliphatic rings. The van der Waals surface area contributed by atoms with Crippen molar-refractivity contribution in [1.82, 2.24) is 10.2 Å². The Morgan fingerprint density at radius 2 is 2.32 bits per heavy atom. The normalized spacial score (nSPS) is 18.6. The van der Waals surface area contributed by atoms with Crippen LogP contribution in [0.4, 0.5) is 4.79 Å². The second-order valence-corrected chi connectivity index (χ2v) is 5.68. The second kappa shape index (κ2) is 6.06. The zero-order valence-electron chi connectivity index (χ0n) is 10.9. The fourth-order valence-electron chi connectivity index (χ4n) is 2.28. The molecule has 0 aromatic carbocycles. The number of nitrogens with zero attached hydrogens (tertiary/aromatic N) is 1. The van der Waals surface area contributed by atoms with Crippen molar-refractivity contribution in [2.45, 2.75) is 26.3 Å². The molecule has 1 aliphatic heterocycles. The monoisotopic (exact) mass is 282 g/mol. The van der Waals surface area contributed by atoms with E-state index in [2.05, 4.69) is 10.7 Å². The number of carboxylic acids is 1. The van der Waals surface area contributed by atoms with Crippen LogP contribution >= 0.6 is 11.3 Å². The minimum absolute atomic E-state index is 0.0890. The minimum Gasteiger partial charge on any atom is -0.481 e. The molecular formula is C13H18N2O3S. The molecule has 1 fully saturated rings. The maximum Gasteiger partial charge on any atom is 0.317 e. The number of carboxylic acid groups (broad SMARTS) is 1. The van der Waals surface area contributed by atoms with Crippen molar-refractivity contribution in [3.8, 4) is 0 Å². The average molecular weight is 282 g/mol. The Balaban J connectivity index is 1.78. The molecule has 0 radical (unpaired) electrons. The van der Waals surface area contributed by atoms with Crippen molar-refractivity contribution >= 4 is 23.3 Å². The van der Waals surface area contributed by atoms with Gasteiger partial charge in [-0.25, -0.2) is 4.79 Å². The number of aryl methyl sites for hydroxylation is 1. The number of likely N-dealkylation sites (tertiary alicyclic amines) is 1. The molecular weight excluding hydrogens is 264 g/mol. The summed E-state index contributed by atoms with van der Waals surface area (Å²) >= 11 is 1.63. The summed E-state index contributed by atoms with van der Waals surface area (Å²) in [4.78, 5) is 24.3. The zero-order chi connectivity index (χ0) is 13.8. The Kier molecular flexibility index (Phi) is 4.42. The van der Waals surface area contributed by atoms with Gasteiger partial charge in [0.15, 0.2) is 0 Å². The van der Waals surface area contributed by atoms with E-state index in [-0.39, 0.29) is 18.4 Å². The van der Waals surface area contributed by atoms with Crippen LogP contribution in [0, 0.1) is 12.8 Å². The van der Waals surface area contributed by atoms with Crippen LogP contribution in [0.25, 0.3) is 0 Å². The number of urea groups is 1. The Morgan fingerprint density at radius 1 is 1.53 bits per heavy atom. The smallest absolute Gasteiger partial charge is 0.317 e. The summed E-state index contributed by atoms with van der Waals surface area (Å²) < 4.78 is 0. The van der Waals surface area contributed by atoms with Crippen molar-refractivity contribution < 1.29 is 14.7 Å². The number of hydrogen-bond acceptors (Lipinski definition) is 3. The number of amides is 2. The second-order valence-electron chi connectivity index (χ2n) is 4.94. The molecule has 104 valence electrons. The zero-order valence-corrected chi connectivity index (χ0v) is 11.7. The van der Waals surface area contributed by atoms with E-state index < -0.39 is 5.97 Å². The maximum atomic E-state index is 12.0. The highest BCUT2D eigenvalue weighted by atomic mass is 32.1. The molecule has 2 heterocycles. The van der Waals surface area contributed by atoms with Gasteiger partial charge in [-0.3, -0.25) is 4.79 Å². The van der Waals surface area contributed by atoms with Crippen molar-refractivity contribution in [3.63, 3.8) is 0 Å². The molecule has 1 unspecified atom stereocenters. The molecule has 2 N–H and O–H groups in total. The van der Waals surface area contributed by atoms with Gasteiger partial charge in [0.05, 0.1) is 0 Å². The molecule has 1 aromatic heterocycles. The lowest BCUT2D eigenvalue weighted by Gasteiger charge is -2.17. The topological polar surface area (TPSA) is 69.6 Å². The SMILES string of the molecule is Cc1cscc1CNC(=O)N1CCC(CC(=O)O)C1. The summed E-state index contributed by atoms with van der Waals surface area (Å²) in [7, 11) is 0. The largest absolute Gasteiger partial charge is 0.481 e. The van der Waals surface area contributed by atoms with Crippen LogP contribution in [0.15, 0.2) is 10.8 Å². The first kappa shape index (κ1) is 13.9. The van der Waals surface area contributed by atoms with Gasteiger partial charge in [-0.1, -0.05) is 0 Å². The predicted octanol–water partition coefficient (Wildman–Crippen LogP) is 2.06. The number of nitrogens with one attached hydrogen (secondary N) is 1. The van der Waals surface area contributed by atoms with Gasteiger partial charge in [-0.15, -0.1) is 0 Å². The fourth-order valence-corrected chi connectivity index (χ4v) is 3.14. The number of carbonyl (C=O) groups is 2. The molecule has 0 saturated carbocycles. The van der Waals surface area contributed by atoms with Crippen LogP contribution in [-0.4, -0.2) is 35.1 Å². The average Bonchev–Trinajstić information content (AvgIpc) is 2.95. The van der Waals surface area contributed by atoms with Crippen LogP contribution in [0.5, 0.6) is 0 Å². The third kappa shape index (κ3) is 3.70. The summed E-state index contributed by atoms with van der Waals surface area (Å²) in [6, 6.07) is -0.0986. The van der Waals surface area contributed by atoms with E-state index in [4.69, 9.17) is 5.11 Å².